The van der Waals surface area contributed by atoms with E-state index in [1.807, 2.05) is 0 Å². The Hall–Kier alpha value is -1.09. The number of rotatable bonds is 7. The van der Waals surface area contributed by atoms with Crippen LogP contribution in [0.4, 0.5) is 5.82 Å². The third-order valence-electron chi connectivity index (χ3n) is 4.28. The summed E-state index contributed by atoms with van der Waals surface area (Å²) in [6.45, 7) is 6.59. The van der Waals surface area contributed by atoms with Gasteiger partial charge in [-0.15, -0.1) is 0 Å². The molecule has 1 aromatic rings. The van der Waals surface area contributed by atoms with Crippen LogP contribution in [0.15, 0.2) is 12.1 Å². The molecule has 1 N–H and O–H groups in total. The van der Waals surface area contributed by atoms with Gasteiger partial charge >= 0.3 is 0 Å². The van der Waals surface area contributed by atoms with E-state index >= 15 is 0 Å². The van der Waals surface area contributed by atoms with Crippen LogP contribution in [-0.4, -0.2) is 24.6 Å². The van der Waals surface area contributed by atoms with Crippen molar-refractivity contribution in [3.63, 3.8) is 0 Å². The van der Waals surface area contributed by atoms with Gasteiger partial charge in [-0.3, -0.25) is 0 Å². The molecule has 0 aromatic carbocycles. The van der Waals surface area contributed by atoms with Crippen molar-refractivity contribution in [3.8, 4) is 0 Å². The first-order valence-electron chi connectivity index (χ1n) is 8.07. The fraction of sp³-hybridized carbons (Fsp3) is 0.706. The summed E-state index contributed by atoms with van der Waals surface area (Å²) < 4.78 is 0. The fourth-order valence-corrected chi connectivity index (χ4v) is 2.52. The maximum absolute atomic E-state index is 4.85. The SMILES string of the molecule is CC(C)c1cc(CNC2CC2)cc(N(C)CC2CC2)n1. The third-order valence-corrected chi connectivity index (χ3v) is 4.28. The van der Waals surface area contributed by atoms with Gasteiger partial charge < -0.3 is 10.2 Å². The second kappa shape index (κ2) is 5.72. The lowest BCUT2D eigenvalue weighted by atomic mass is 10.1. The van der Waals surface area contributed by atoms with E-state index < -0.39 is 0 Å². The Labute approximate surface area is 122 Å². The molecule has 3 nitrogen and oxygen atoms in total. The largest absolute Gasteiger partial charge is 0.359 e. The molecule has 0 amide bonds. The summed E-state index contributed by atoms with van der Waals surface area (Å²) in [5.74, 6) is 2.54. The second-order valence-electron chi connectivity index (χ2n) is 6.89. The van der Waals surface area contributed by atoms with Gasteiger partial charge in [-0.25, -0.2) is 4.98 Å². The van der Waals surface area contributed by atoms with Crippen molar-refractivity contribution in [2.75, 3.05) is 18.5 Å². The predicted octanol–water partition coefficient (Wildman–Crippen LogP) is 3.30. The molecule has 2 aliphatic carbocycles. The maximum atomic E-state index is 4.85. The summed E-state index contributed by atoms with van der Waals surface area (Å²) in [5.41, 5.74) is 2.60. The van der Waals surface area contributed by atoms with Gasteiger partial charge in [-0.1, -0.05) is 13.8 Å². The highest BCUT2D eigenvalue weighted by molar-refractivity contribution is 5.43. The van der Waals surface area contributed by atoms with Crippen LogP contribution in [0.3, 0.4) is 0 Å². The first kappa shape index (κ1) is 13.9. The molecule has 20 heavy (non-hydrogen) atoms. The highest BCUT2D eigenvalue weighted by Crippen LogP contribution is 2.31. The van der Waals surface area contributed by atoms with Crippen molar-refractivity contribution in [2.24, 2.45) is 5.92 Å². The van der Waals surface area contributed by atoms with Crippen molar-refractivity contribution in [3.05, 3.63) is 23.4 Å². The number of aromatic nitrogens is 1. The van der Waals surface area contributed by atoms with Crippen LogP contribution < -0.4 is 10.2 Å². The molecule has 1 heterocycles. The minimum Gasteiger partial charge on any atom is -0.359 e. The maximum Gasteiger partial charge on any atom is 0.128 e. The monoisotopic (exact) mass is 273 g/mol. The summed E-state index contributed by atoms with van der Waals surface area (Å²) in [6.07, 6.45) is 5.47. The Morgan fingerprint density at radius 1 is 1.25 bits per heavy atom. The zero-order valence-electron chi connectivity index (χ0n) is 13.0. The summed E-state index contributed by atoms with van der Waals surface area (Å²) in [6, 6.07) is 5.30. The first-order chi connectivity index (χ1) is 9.61. The molecule has 3 heteroatoms. The van der Waals surface area contributed by atoms with Crippen LogP contribution in [0.1, 0.15) is 56.7 Å². The highest BCUT2D eigenvalue weighted by Gasteiger charge is 2.24. The quantitative estimate of drug-likeness (QED) is 0.826. The van der Waals surface area contributed by atoms with E-state index in [9.17, 15) is 0 Å². The number of nitrogens with zero attached hydrogens (tertiary/aromatic N) is 2. The Morgan fingerprint density at radius 3 is 2.60 bits per heavy atom. The minimum atomic E-state index is 0.490. The summed E-state index contributed by atoms with van der Waals surface area (Å²) in [4.78, 5) is 7.19. The standard InChI is InChI=1S/C17H27N3/c1-12(2)16-8-14(10-18-15-6-7-15)9-17(19-16)20(3)11-13-4-5-13/h8-9,12-13,15,18H,4-7,10-11H2,1-3H3. The summed E-state index contributed by atoms with van der Waals surface area (Å²) in [7, 11) is 2.18. The number of hydrogen-bond donors (Lipinski definition) is 1. The van der Waals surface area contributed by atoms with Crippen molar-refractivity contribution in [1.82, 2.24) is 10.3 Å². The zero-order chi connectivity index (χ0) is 14.1. The molecule has 0 aliphatic heterocycles. The Morgan fingerprint density at radius 2 is 2.00 bits per heavy atom. The number of nitrogens with one attached hydrogen (secondary N) is 1. The van der Waals surface area contributed by atoms with Gasteiger partial charge in [0.25, 0.3) is 0 Å². The number of pyridine rings is 1. The number of anilines is 1. The van der Waals surface area contributed by atoms with Crippen LogP contribution in [0, 0.1) is 5.92 Å². The van der Waals surface area contributed by atoms with Gasteiger partial charge in [0.05, 0.1) is 0 Å². The Balaban J connectivity index is 1.74. The first-order valence-corrected chi connectivity index (χ1v) is 8.07. The van der Waals surface area contributed by atoms with Gasteiger partial charge in [0.2, 0.25) is 0 Å². The molecule has 1 aromatic heterocycles. The zero-order valence-corrected chi connectivity index (χ0v) is 13.0. The second-order valence-corrected chi connectivity index (χ2v) is 6.89. The highest BCUT2D eigenvalue weighted by atomic mass is 15.2. The van der Waals surface area contributed by atoms with Crippen molar-refractivity contribution in [2.45, 2.75) is 58.0 Å². The van der Waals surface area contributed by atoms with E-state index in [4.69, 9.17) is 4.98 Å². The lowest BCUT2D eigenvalue weighted by Crippen LogP contribution is -2.22. The Bertz CT molecular complexity index is 461. The summed E-state index contributed by atoms with van der Waals surface area (Å²) >= 11 is 0. The minimum absolute atomic E-state index is 0.490. The molecular formula is C17H27N3. The van der Waals surface area contributed by atoms with E-state index in [-0.39, 0.29) is 0 Å². The van der Waals surface area contributed by atoms with E-state index in [1.54, 1.807) is 0 Å². The molecule has 110 valence electrons. The van der Waals surface area contributed by atoms with Gasteiger partial charge in [-0.2, -0.15) is 0 Å². The van der Waals surface area contributed by atoms with Gasteiger partial charge in [0.1, 0.15) is 5.82 Å². The molecule has 2 fully saturated rings. The lowest BCUT2D eigenvalue weighted by Gasteiger charge is -2.21. The molecule has 2 aliphatic rings. The molecule has 3 rings (SSSR count). The molecule has 0 bridgehead atoms. The van der Waals surface area contributed by atoms with Crippen LogP contribution in [0.5, 0.6) is 0 Å². The average molecular weight is 273 g/mol. The topological polar surface area (TPSA) is 28.2 Å². The lowest BCUT2D eigenvalue weighted by molar-refractivity contribution is 0.682. The van der Waals surface area contributed by atoms with Crippen LogP contribution >= 0.6 is 0 Å². The average Bonchev–Trinajstić information content (AvgIpc) is 3.30. The van der Waals surface area contributed by atoms with E-state index in [1.165, 1.54) is 36.9 Å². The molecule has 0 atom stereocenters. The van der Waals surface area contributed by atoms with Crippen LogP contribution in [-0.2, 0) is 6.54 Å². The molecule has 2 saturated carbocycles. The van der Waals surface area contributed by atoms with Gasteiger partial charge in [0.15, 0.2) is 0 Å². The van der Waals surface area contributed by atoms with Crippen molar-refractivity contribution in [1.29, 1.82) is 0 Å². The van der Waals surface area contributed by atoms with E-state index in [0.717, 1.165) is 30.9 Å². The molecule has 0 saturated heterocycles. The number of hydrogen-bond acceptors (Lipinski definition) is 3. The smallest absolute Gasteiger partial charge is 0.128 e. The molecule has 0 radical (unpaired) electrons. The summed E-state index contributed by atoms with van der Waals surface area (Å²) in [5, 5.41) is 3.61. The normalized spacial score (nSPS) is 18.6. The third kappa shape index (κ3) is 3.72. The van der Waals surface area contributed by atoms with E-state index in [0.29, 0.717) is 5.92 Å². The van der Waals surface area contributed by atoms with Crippen LogP contribution in [0.25, 0.3) is 0 Å². The van der Waals surface area contributed by atoms with Crippen molar-refractivity contribution < 1.29 is 0 Å². The molecule has 0 unspecified atom stereocenters. The van der Waals surface area contributed by atoms with Gasteiger partial charge in [0, 0.05) is 31.9 Å². The van der Waals surface area contributed by atoms with Gasteiger partial charge in [-0.05, 0) is 55.2 Å². The van der Waals surface area contributed by atoms with Crippen molar-refractivity contribution >= 4 is 5.82 Å². The Kier molecular flexibility index (Phi) is 3.97. The van der Waals surface area contributed by atoms with Crippen LogP contribution in [0.2, 0.25) is 0 Å². The molecular weight excluding hydrogens is 246 g/mol. The predicted molar refractivity (Wildman–Crippen MR) is 84.2 cm³/mol. The molecule has 0 spiro atoms. The fourth-order valence-electron chi connectivity index (χ4n) is 2.52. The van der Waals surface area contributed by atoms with E-state index in [2.05, 4.69) is 43.2 Å².